The van der Waals surface area contributed by atoms with Crippen LogP contribution in [0, 0.1) is 0 Å². The Bertz CT molecular complexity index is 532. The van der Waals surface area contributed by atoms with Crippen LogP contribution in [-0.4, -0.2) is 23.7 Å². The summed E-state index contributed by atoms with van der Waals surface area (Å²) in [6.07, 6.45) is 3.41. The van der Waals surface area contributed by atoms with Gasteiger partial charge in [-0.2, -0.15) is 0 Å². The molecule has 0 atom stereocenters. The zero-order chi connectivity index (χ0) is 13.0. The molecule has 0 saturated carbocycles. The molecule has 1 aromatic heterocycles. The molecule has 0 radical (unpaired) electrons. The average Bonchev–Trinajstić information content (AvgIpc) is 2.40. The molecule has 0 spiro atoms. The minimum Gasteiger partial charge on any atom is -0.492 e. The van der Waals surface area contributed by atoms with Crippen molar-refractivity contribution < 1.29 is 9.47 Å². The largest absolute Gasteiger partial charge is 0.492 e. The van der Waals surface area contributed by atoms with Crippen molar-refractivity contribution in [2.75, 3.05) is 13.7 Å². The Kier molecular flexibility index (Phi) is 4.15. The van der Waals surface area contributed by atoms with Gasteiger partial charge in [0.2, 0.25) is 0 Å². The number of methoxy groups -OCH3 is 1. The highest BCUT2D eigenvalue weighted by atomic mass is 79.9. The molecule has 0 bridgehead atoms. The molecule has 2 rings (SSSR count). The third-order valence-electron chi connectivity index (χ3n) is 2.37. The number of hydrogen-bond donors (Lipinski definition) is 0. The van der Waals surface area contributed by atoms with Gasteiger partial charge in [-0.25, -0.2) is 9.97 Å². The van der Waals surface area contributed by atoms with Crippen LogP contribution >= 0.6 is 15.9 Å². The zero-order valence-corrected chi connectivity index (χ0v) is 11.8. The fourth-order valence-electron chi connectivity index (χ4n) is 1.61. The molecule has 0 aliphatic heterocycles. The van der Waals surface area contributed by atoms with E-state index in [1.165, 1.54) is 0 Å². The van der Waals surface area contributed by atoms with Gasteiger partial charge in [0.1, 0.15) is 0 Å². The standard InChI is InChI=1S/C13H13BrN2O2/c1-3-18-10-6-5-9(11(14)12(10)17-2)13-15-7-4-8-16-13/h4-8H,3H2,1-2H3. The van der Waals surface area contributed by atoms with Crippen molar-refractivity contribution in [1.29, 1.82) is 0 Å². The molecule has 0 unspecified atom stereocenters. The van der Waals surface area contributed by atoms with Crippen molar-refractivity contribution in [2.24, 2.45) is 0 Å². The maximum Gasteiger partial charge on any atom is 0.175 e. The van der Waals surface area contributed by atoms with Crippen molar-refractivity contribution in [1.82, 2.24) is 9.97 Å². The number of halogens is 1. The van der Waals surface area contributed by atoms with Crippen LogP contribution in [0.3, 0.4) is 0 Å². The maximum atomic E-state index is 5.50. The summed E-state index contributed by atoms with van der Waals surface area (Å²) >= 11 is 3.51. The summed E-state index contributed by atoms with van der Waals surface area (Å²) in [5, 5.41) is 0. The number of nitrogens with zero attached hydrogens (tertiary/aromatic N) is 2. The molecule has 1 aromatic carbocycles. The van der Waals surface area contributed by atoms with Crippen LogP contribution < -0.4 is 9.47 Å². The predicted molar refractivity (Wildman–Crippen MR) is 72.9 cm³/mol. The summed E-state index contributed by atoms with van der Waals surface area (Å²) < 4.78 is 11.7. The highest BCUT2D eigenvalue weighted by molar-refractivity contribution is 9.10. The topological polar surface area (TPSA) is 44.2 Å². The summed E-state index contributed by atoms with van der Waals surface area (Å²) in [5.74, 6) is 2.00. The van der Waals surface area contributed by atoms with Gasteiger partial charge in [0.25, 0.3) is 0 Å². The van der Waals surface area contributed by atoms with Gasteiger partial charge in [0.15, 0.2) is 17.3 Å². The lowest BCUT2D eigenvalue weighted by Gasteiger charge is -2.13. The third-order valence-corrected chi connectivity index (χ3v) is 3.16. The molecule has 0 fully saturated rings. The third kappa shape index (κ3) is 2.46. The van der Waals surface area contributed by atoms with E-state index in [0.29, 0.717) is 23.9 Å². The molecule has 0 N–H and O–H groups in total. The second kappa shape index (κ2) is 5.82. The van der Waals surface area contributed by atoms with Crippen molar-refractivity contribution in [3.63, 3.8) is 0 Å². The van der Waals surface area contributed by atoms with Crippen LogP contribution in [0.1, 0.15) is 6.92 Å². The zero-order valence-electron chi connectivity index (χ0n) is 10.2. The lowest BCUT2D eigenvalue weighted by atomic mass is 10.2. The van der Waals surface area contributed by atoms with E-state index in [1.807, 2.05) is 19.1 Å². The highest BCUT2D eigenvalue weighted by Gasteiger charge is 2.15. The Morgan fingerprint density at radius 3 is 2.56 bits per heavy atom. The first-order chi connectivity index (χ1) is 8.77. The molecule has 18 heavy (non-hydrogen) atoms. The van der Waals surface area contributed by atoms with E-state index >= 15 is 0 Å². The summed E-state index contributed by atoms with van der Waals surface area (Å²) in [5.41, 5.74) is 0.871. The second-order valence-electron chi connectivity index (χ2n) is 3.46. The first kappa shape index (κ1) is 12.8. The first-order valence-electron chi connectivity index (χ1n) is 5.54. The molecule has 2 aromatic rings. The van der Waals surface area contributed by atoms with E-state index in [0.717, 1.165) is 10.0 Å². The Hall–Kier alpha value is -1.62. The normalized spacial score (nSPS) is 10.2. The summed E-state index contributed by atoms with van der Waals surface area (Å²) in [4.78, 5) is 8.45. The van der Waals surface area contributed by atoms with E-state index in [2.05, 4.69) is 25.9 Å². The Morgan fingerprint density at radius 1 is 1.22 bits per heavy atom. The minimum atomic E-state index is 0.587. The minimum absolute atomic E-state index is 0.587. The van der Waals surface area contributed by atoms with E-state index in [1.54, 1.807) is 25.6 Å². The lowest BCUT2D eigenvalue weighted by Crippen LogP contribution is -1.98. The SMILES string of the molecule is CCOc1ccc(-c2ncccn2)c(Br)c1OC. The molecule has 94 valence electrons. The number of benzene rings is 1. The molecule has 5 heteroatoms. The molecule has 0 aliphatic rings. The quantitative estimate of drug-likeness (QED) is 0.869. The number of aromatic nitrogens is 2. The van der Waals surface area contributed by atoms with Crippen LogP contribution in [0.4, 0.5) is 0 Å². The number of ether oxygens (including phenoxy) is 2. The summed E-state index contributed by atoms with van der Waals surface area (Å²) in [6, 6.07) is 5.55. The van der Waals surface area contributed by atoms with Crippen LogP contribution in [0.5, 0.6) is 11.5 Å². The lowest BCUT2D eigenvalue weighted by molar-refractivity contribution is 0.310. The Morgan fingerprint density at radius 2 is 1.94 bits per heavy atom. The van der Waals surface area contributed by atoms with Gasteiger partial charge in [-0.1, -0.05) is 0 Å². The monoisotopic (exact) mass is 308 g/mol. The van der Waals surface area contributed by atoms with Crippen LogP contribution in [-0.2, 0) is 0 Å². The van der Waals surface area contributed by atoms with Crippen molar-refractivity contribution in [2.45, 2.75) is 6.92 Å². The molecule has 0 amide bonds. The van der Waals surface area contributed by atoms with Crippen molar-refractivity contribution in [3.05, 3.63) is 35.1 Å². The Balaban J connectivity index is 2.51. The van der Waals surface area contributed by atoms with Crippen molar-refractivity contribution >= 4 is 15.9 Å². The molecule has 4 nitrogen and oxygen atoms in total. The van der Waals surface area contributed by atoms with E-state index < -0.39 is 0 Å². The fourth-order valence-corrected chi connectivity index (χ4v) is 2.28. The first-order valence-corrected chi connectivity index (χ1v) is 6.34. The van der Waals surface area contributed by atoms with E-state index in [9.17, 15) is 0 Å². The smallest absolute Gasteiger partial charge is 0.175 e. The molecular formula is C13H13BrN2O2. The average molecular weight is 309 g/mol. The number of hydrogen-bond acceptors (Lipinski definition) is 4. The second-order valence-corrected chi connectivity index (χ2v) is 4.26. The van der Waals surface area contributed by atoms with Crippen LogP contribution in [0.25, 0.3) is 11.4 Å². The number of rotatable bonds is 4. The van der Waals surface area contributed by atoms with Crippen molar-refractivity contribution in [3.8, 4) is 22.9 Å². The van der Waals surface area contributed by atoms with Crippen LogP contribution in [0.15, 0.2) is 35.1 Å². The highest BCUT2D eigenvalue weighted by Crippen LogP contribution is 2.40. The van der Waals surface area contributed by atoms with Crippen LogP contribution in [0.2, 0.25) is 0 Å². The summed E-state index contributed by atoms with van der Waals surface area (Å²) in [6.45, 7) is 2.52. The maximum absolute atomic E-state index is 5.50. The Labute approximate surface area is 114 Å². The predicted octanol–water partition coefficient (Wildman–Crippen LogP) is 3.31. The fraction of sp³-hybridized carbons (Fsp3) is 0.231. The van der Waals surface area contributed by atoms with Gasteiger partial charge in [0, 0.05) is 18.0 Å². The van der Waals surface area contributed by atoms with Gasteiger partial charge < -0.3 is 9.47 Å². The van der Waals surface area contributed by atoms with E-state index in [4.69, 9.17) is 9.47 Å². The van der Waals surface area contributed by atoms with Gasteiger partial charge >= 0.3 is 0 Å². The molecule has 1 heterocycles. The van der Waals surface area contributed by atoms with Gasteiger partial charge in [0.05, 0.1) is 18.2 Å². The van der Waals surface area contributed by atoms with Gasteiger partial charge in [-0.15, -0.1) is 0 Å². The summed E-state index contributed by atoms with van der Waals surface area (Å²) in [7, 11) is 1.61. The molecular weight excluding hydrogens is 296 g/mol. The van der Waals surface area contributed by atoms with E-state index in [-0.39, 0.29) is 0 Å². The van der Waals surface area contributed by atoms with Gasteiger partial charge in [-0.3, -0.25) is 0 Å². The molecule has 0 aliphatic carbocycles. The molecule has 0 saturated heterocycles. The van der Waals surface area contributed by atoms with Gasteiger partial charge in [-0.05, 0) is 41.1 Å².